The lowest BCUT2D eigenvalue weighted by Gasteiger charge is -2.33. The largest absolute Gasteiger partial charge is 0.389 e. The lowest BCUT2D eigenvalue weighted by molar-refractivity contribution is 0.0664. The number of piperidine rings is 1. The number of halogens is 1. The molecule has 1 atom stereocenters. The molecule has 0 aromatic heterocycles. The molecule has 0 spiro atoms. The molecule has 1 aromatic rings. The molecule has 1 fully saturated rings. The van der Waals surface area contributed by atoms with E-state index in [4.69, 9.17) is 3.07 Å². The van der Waals surface area contributed by atoms with Crippen molar-refractivity contribution in [1.29, 1.82) is 0 Å². The van der Waals surface area contributed by atoms with Crippen LogP contribution in [0.3, 0.4) is 0 Å². The third kappa shape index (κ3) is 5.38. The monoisotopic (exact) mass is 375 g/mol. The van der Waals surface area contributed by atoms with Gasteiger partial charge in [-0.3, -0.25) is 0 Å². The number of hydrogen-bond donors (Lipinski definition) is 1. The van der Waals surface area contributed by atoms with E-state index in [1.54, 1.807) is 0 Å². The highest BCUT2D eigenvalue weighted by Gasteiger charge is 2.21. The van der Waals surface area contributed by atoms with Crippen LogP contribution in [0.5, 0.6) is 0 Å². The summed E-state index contributed by atoms with van der Waals surface area (Å²) in [7, 11) is 0. The molecular weight excluding hydrogens is 353 g/mol. The zero-order valence-corrected chi connectivity index (χ0v) is 13.3. The first-order valence-electron chi connectivity index (χ1n) is 6.96. The molecule has 1 N–H and O–H groups in total. The quantitative estimate of drug-likeness (QED) is 0.777. The van der Waals surface area contributed by atoms with Gasteiger partial charge in [0, 0.05) is 6.54 Å². The van der Waals surface area contributed by atoms with Crippen LogP contribution in [0.4, 0.5) is 0 Å². The van der Waals surface area contributed by atoms with Crippen LogP contribution in [-0.2, 0) is 9.49 Å². The summed E-state index contributed by atoms with van der Waals surface area (Å²) in [5, 5.41) is 9.73. The van der Waals surface area contributed by atoms with Crippen molar-refractivity contribution >= 4 is 23.0 Å². The van der Waals surface area contributed by atoms with Gasteiger partial charge in [-0.15, -0.1) is 0 Å². The summed E-state index contributed by atoms with van der Waals surface area (Å²) in [5.41, 5.74) is 1.44. The molecule has 0 saturated carbocycles. The molecule has 3 nitrogen and oxygen atoms in total. The molecule has 1 aromatic carbocycles. The van der Waals surface area contributed by atoms with Crippen LogP contribution >= 0.6 is 23.0 Å². The summed E-state index contributed by atoms with van der Waals surface area (Å²) in [5.74, 6) is 0.789. The number of β-amino-alcohol motifs (C(OH)–C–C–N with tert-alkyl or cyclic N) is 1. The van der Waals surface area contributed by atoms with E-state index in [0.717, 1.165) is 25.6 Å². The molecule has 1 heterocycles. The van der Waals surface area contributed by atoms with E-state index in [1.165, 1.54) is 24.8 Å². The second-order valence-corrected chi connectivity index (χ2v) is 5.99. The fraction of sp³-hybridized carbons (Fsp3) is 0.600. The van der Waals surface area contributed by atoms with Gasteiger partial charge in [0.2, 0.25) is 0 Å². The SMILES string of the molecule is OC(COI)CN1CCC(Cc2ccccc2)CC1. The summed E-state index contributed by atoms with van der Waals surface area (Å²) in [4.78, 5) is 2.35. The van der Waals surface area contributed by atoms with Crippen molar-refractivity contribution in [3.05, 3.63) is 35.9 Å². The van der Waals surface area contributed by atoms with E-state index in [2.05, 4.69) is 35.2 Å². The molecule has 1 unspecified atom stereocenters. The van der Waals surface area contributed by atoms with Crippen molar-refractivity contribution < 1.29 is 8.17 Å². The molecule has 0 radical (unpaired) electrons. The van der Waals surface area contributed by atoms with Crippen LogP contribution in [0, 0.1) is 5.92 Å². The van der Waals surface area contributed by atoms with Crippen LogP contribution in [-0.4, -0.2) is 42.4 Å². The molecule has 0 amide bonds. The molecule has 19 heavy (non-hydrogen) atoms. The molecule has 106 valence electrons. The highest BCUT2D eigenvalue weighted by atomic mass is 127. The first-order chi connectivity index (χ1) is 9.28. The average molecular weight is 375 g/mol. The van der Waals surface area contributed by atoms with Crippen molar-refractivity contribution in [2.45, 2.75) is 25.4 Å². The van der Waals surface area contributed by atoms with Gasteiger partial charge >= 0.3 is 0 Å². The zero-order chi connectivity index (χ0) is 13.5. The van der Waals surface area contributed by atoms with Crippen molar-refractivity contribution in [3.63, 3.8) is 0 Å². The van der Waals surface area contributed by atoms with E-state index in [0.29, 0.717) is 6.61 Å². The number of aliphatic hydroxyl groups is 1. The van der Waals surface area contributed by atoms with E-state index in [9.17, 15) is 5.11 Å². The fourth-order valence-electron chi connectivity index (χ4n) is 2.74. The average Bonchev–Trinajstić information content (AvgIpc) is 2.42. The Morgan fingerprint density at radius 1 is 1.26 bits per heavy atom. The Bertz CT molecular complexity index is 352. The Labute approximate surface area is 129 Å². The number of hydrogen-bond acceptors (Lipinski definition) is 3. The molecule has 0 aliphatic carbocycles. The maximum Gasteiger partial charge on any atom is 0.109 e. The van der Waals surface area contributed by atoms with E-state index >= 15 is 0 Å². The minimum absolute atomic E-state index is 0.359. The van der Waals surface area contributed by atoms with Gasteiger partial charge in [-0.25, -0.2) is 0 Å². The predicted molar refractivity (Wildman–Crippen MR) is 85.3 cm³/mol. The number of likely N-dealkylation sites (tertiary alicyclic amines) is 1. The standard InChI is InChI=1S/C15H22INO2/c16-19-12-15(18)11-17-8-6-14(7-9-17)10-13-4-2-1-3-5-13/h1-5,14-15,18H,6-12H2. The molecule has 1 aliphatic heterocycles. The minimum Gasteiger partial charge on any atom is -0.389 e. The Hall–Kier alpha value is -0.170. The van der Waals surface area contributed by atoms with Gasteiger partial charge in [0.05, 0.1) is 12.7 Å². The lowest BCUT2D eigenvalue weighted by Crippen LogP contribution is -2.40. The van der Waals surface area contributed by atoms with Crippen LogP contribution < -0.4 is 0 Å². The number of aliphatic hydroxyl groups excluding tert-OH is 1. The van der Waals surface area contributed by atoms with Gasteiger partial charge in [0.15, 0.2) is 0 Å². The Morgan fingerprint density at radius 3 is 2.58 bits per heavy atom. The molecule has 2 rings (SSSR count). The number of nitrogens with zero attached hydrogens (tertiary/aromatic N) is 1. The van der Waals surface area contributed by atoms with Crippen molar-refractivity contribution in [3.8, 4) is 0 Å². The fourth-order valence-corrected chi connectivity index (χ4v) is 3.16. The Balaban J connectivity index is 1.70. The third-order valence-corrected chi connectivity index (χ3v) is 4.16. The van der Waals surface area contributed by atoms with Gasteiger partial charge in [-0.05, 0) is 43.8 Å². The highest BCUT2D eigenvalue weighted by Crippen LogP contribution is 2.21. The summed E-state index contributed by atoms with van der Waals surface area (Å²) in [6.45, 7) is 3.34. The van der Waals surface area contributed by atoms with Gasteiger partial charge in [0.25, 0.3) is 0 Å². The highest BCUT2D eigenvalue weighted by molar-refractivity contribution is 14.1. The van der Waals surface area contributed by atoms with Crippen molar-refractivity contribution in [2.75, 3.05) is 26.2 Å². The van der Waals surface area contributed by atoms with Crippen LogP contribution in [0.15, 0.2) is 30.3 Å². The Kier molecular flexibility index (Phi) is 6.56. The normalized spacial score (nSPS) is 19.5. The van der Waals surface area contributed by atoms with Crippen molar-refractivity contribution in [1.82, 2.24) is 4.90 Å². The molecule has 4 heteroatoms. The first-order valence-corrected chi connectivity index (χ1v) is 7.84. The molecule has 1 aliphatic rings. The maximum absolute atomic E-state index is 9.73. The zero-order valence-electron chi connectivity index (χ0n) is 11.2. The number of benzene rings is 1. The Morgan fingerprint density at radius 2 is 1.95 bits per heavy atom. The van der Waals surface area contributed by atoms with Gasteiger partial charge in [-0.2, -0.15) is 0 Å². The summed E-state index contributed by atoms with van der Waals surface area (Å²) >= 11 is 1.83. The van der Waals surface area contributed by atoms with E-state index in [1.807, 2.05) is 23.0 Å². The van der Waals surface area contributed by atoms with Crippen LogP contribution in [0.1, 0.15) is 18.4 Å². The minimum atomic E-state index is -0.359. The van der Waals surface area contributed by atoms with E-state index in [-0.39, 0.29) is 6.10 Å². The topological polar surface area (TPSA) is 32.7 Å². The van der Waals surface area contributed by atoms with Crippen LogP contribution in [0.2, 0.25) is 0 Å². The molecule has 0 bridgehead atoms. The van der Waals surface area contributed by atoms with Crippen molar-refractivity contribution in [2.24, 2.45) is 5.92 Å². The summed E-state index contributed by atoms with van der Waals surface area (Å²) < 4.78 is 4.94. The molecular formula is C15H22INO2. The lowest BCUT2D eigenvalue weighted by atomic mass is 9.90. The first kappa shape index (κ1) is 15.2. The second-order valence-electron chi connectivity index (χ2n) is 5.36. The summed E-state index contributed by atoms with van der Waals surface area (Å²) in [6, 6.07) is 10.7. The van der Waals surface area contributed by atoms with Gasteiger partial charge in [0.1, 0.15) is 23.0 Å². The number of rotatable bonds is 6. The van der Waals surface area contributed by atoms with E-state index < -0.39 is 0 Å². The third-order valence-electron chi connectivity index (χ3n) is 3.80. The maximum atomic E-state index is 9.73. The van der Waals surface area contributed by atoms with Gasteiger partial charge < -0.3 is 13.1 Å². The predicted octanol–water partition coefficient (Wildman–Crippen LogP) is 2.67. The molecule has 1 saturated heterocycles. The summed E-state index contributed by atoms with van der Waals surface area (Å²) in [6.07, 6.45) is 3.29. The van der Waals surface area contributed by atoms with Gasteiger partial charge in [-0.1, -0.05) is 30.3 Å². The van der Waals surface area contributed by atoms with Crippen LogP contribution in [0.25, 0.3) is 0 Å². The smallest absolute Gasteiger partial charge is 0.109 e. The second kappa shape index (κ2) is 8.19.